The average Bonchev–Trinajstić information content (AvgIpc) is 2.33. The highest BCUT2D eigenvalue weighted by molar-refractivity contribution is 9.10. The van der Waals surface area contributed by atoms with Crippen LogP contribution in [0.3, 0.4) is 0 Å². The van der Waals surface area contributed by atoms with Crippen LogP contribution in [0.2, 0.25) is 0 Å². The maximum absolute atomic E-state index is 12.1. The van der Waals surface area contributed by atoms with Gasteiger partial charge in [0, 0.05) is 16.7 Å². The number of primary amides is 1. The first-order chi connectivity index (χ1) is 8.58. The van der Waals surface area contributed by atoms with E-state index in [9.17, 15) is 9.59 Å². The van der Waals surface area contributed by atoms with Gasteiger partial charge in [-0.25, -0.2) is 4.79 Å². The summed E-state index contributed by atoms with van der Waals surface area (Å²) in [7, 11) is 0. The van der Waals surface area contributed by atoms with Gasteiger partial charge in [0.25, 0.3) is 5.91 Å². The van der Waals surface area contributed by atoms with Crippen LogP contribution in [-0.2, 0) is 9.53 Å². The molecule has 96 valence electrons. The molecule has 1 aliphatic heterocycles. The summed E-state index contributed by atoms with van der Waals surface area (Å²) in [5.41, 5.74) is 5.74. The lowest BCUT2D eigenvalue weighted by Gasteiger charge is -2.31. The van der Waals surface area contributed by atoms with Crippen LogP contribution in [0.1, 0.15) is 12.8 Å². The van der Waals surface area contributed by atoms with E-state index in [1.807, 2.05) is 24.3 Å². The zero-order chi connectivity index (χ0) is 13.1. The molecular formula is C12H13BrN2O3. The molecular weight excluding hydrogens is 300 g/mol. The molecule has 0 spiro atoms. The normalized spacial score (nSPS) is 19.7. The summed E-state index contributed by atoms with van der Waals surface area (Å²) in [6, 6.07) is 7.41. The average molecular weight is 313 g/mol. The largest absolute Gasteiger partial charge is 0.436 e. The lowest BCUT2D eigenvalue weighted by atomic mass is 10.1. The third-order valence-corrected chi connectivity index (χ3v) is 3.31. The maximum atomic E-state index is 12.1. The number of nitrogens with two attached hydrogens (primary N) is 1. The Bertz CT molecular complexity index is 461. The molecule has 2 amide bonds. The Hall–Kier alpha value is -1.56. The van der Waals surface area contributed by atoms with E-state index in [4.69, 9.17) is 10.5 Å². The monoisotopic (exact) mass is 312 g/mol. The van der Waals surface area contributed by atoms with Crippen molar-refractivity contribution in [2.75, 3.05) is 11.4 Å². The minimum Gasteiger partial charge on any atom is -0.436 e. The predicted octanol–water partition coefficient (Wildman–Crippen LogP) is 2.04. The summed E-state index contributed by atoms with van der Waals surface area (Å²) in [5.74, 6) is -0.220. The van der Waals surface area contributed by atoms with Crippen LogP contribution < -0.4 is 10.6 Å². The molecule has 1 aromatic rings. The third kappa shape index (κ3) is 2.81. The fourth-order valence-corrected chi connectivity index (χ4v) is 2.23. The summed E-state index contributed by atoms with van der Waals surface area (Å²) >= 11 is 3.34. The Morgan fingerprint density at radius 1 is 1.39 bits per heavy atom. The Kier molecular flexibility index (Phi) is 3.86. The van der Waals surface area contributed by atoms with E-state index in [2.05, 4.69) is 15.9 Å². The highest BCUT2D eigenvalue weighted by atomic mass is 79.9. The van der Waals surface area contributed by atoms with Crippen molar-refractivity contribution < 1.29 is 14.3 Å². The Morgan fingerprint density at radius 3 is 2.67 bits per heavy atom. The highest BCUT2D eigenvalue weighted by Gasteiger charge is 2.31. The van der Waals surface area contributed by atoms with Gasteiger partial charge in [-0.1, -0.05) is 15.9 Å². The number of hydrogen-bond acceptors (Lipinski definition) is 3. The Balaban J connectivity index is 2.15. The van der Waals surface area contributed by atoms with Crippen molar-refractivity contribution in [3.05, 3.63) is 28.7 Å². The second kappa shape index (κ2) is 5.39. The second-order valence-corrected chi connectivity index (χ2v) is 4.95. The zero-order valence-corrected chi connectivity index (χ0v) is 11.2. The van der Waals surface area contributed by atoms with E-state index in [1.54, 1.807) is 4.90 Å². The van der Waals surface area contributed by atoms with Crippen LogP contribution in [0.5, 0.6) is 0 Å². The number of amides is 2. The summed E-state index contributed by atoms with van der Waals surface area (Å²) < 4.78 is 5.76. The van der Waals surface area contributed by atoms with Crippen LogP contribution in [-0.4, -0.2) is 24.6 Å². The van der Waals surface area contributed by atoms with Crippen LogP contribution in [0, 0.1) is 0 Å². The standard InChI is InChI=1S/C12H13BrN2O3/c13-8-3-5-9(6-4-8)15-7-1-2-10(11(15)16)18-12(14)17/h3-6,10H,1-2,7H2,(H2,14,17)/t10-/m1/s1. The molecule has 1 heterocycles. The number of benzene rings is 1. The van der Waals surface area contributed by atoms with Crippen molar-refractivity contribution >= 4 is 33.6 Å². The molecule has 5 nitrogen and oxygen atoms in total. The fourth-order valence-electron chi connectivity index (χ4n) is 1.97. The van der Waals surface area contributed by atoms with Crippen LogP contribution >= 0.6 is 15.9 Å². The minimum atomic E-state index is -0.911. The van der Waals surface area contributed by atoms with Crippen LogP contribution in [0.25, 0.3) is 0 Å². The number of hydrogen-bond donors (Lipinski definition) is 1. The number of carbonyl (C=O) groups excluding carboxylic acids is 2. The lowest BCUT2D eigenvalue weighted by molar-refractivity contribution is -0.128. The molecule has 0 unspecified atom stereocenters. The molecule has 0 radical (unpaired) electrons. The molecule has 1 aliphatic rings. The molecule has 1 aromatic carbocycles. The van der Waals surface area contributed by atoms with Gasteiger partial charge in [-0.3, -0.25) is 4.79 Å². The Morgan fingerprint density at radius 2 is 2.06 bits per heavy atom. The van der Waals surface area contributed by atoms with Gasteiger partial charge in [-0.2, -0.15) is 0 Å². The molecule has 0 aliphatic carbocycles. The van der Waals surface area contributed by atoms with Gasteiger partial charge in [0.2, 0.25) is 0 Å². The predicted molar refractivity (Wildman–Crippen MR) is 70.2 cm³/mol. The molecule has 1 fully saturated rings. The quantitative estimate of drug-likeness (QED) is 0.908. The number of piperidine rings is 1. The third-order valence-electron chi connectivity index (χ3n) is 2.79. The van der Waals surface area contributed by atoms with Crippen LogP contribution in [0.4, 0.5) is 10.5 Å². The van der Waals surface area contributed by atoms with E-state index in [0.717, 1.165) is 16.6 Å². The number of nitrogens with zero attached hydrogens (tertiary/aromatic N) is 1. The molecule has 1 saturated heterocycles. The van der Waals surface area contributed by atoms with Crippen molar-refractivity contribution in [3.63, 3.8) is 0 Å². The van der Waals surface area contributed by atoms with Gasteiger partial charge in [0.05, 0.1) is 0 Å². The summed E-state index contributed by atoms with van der Waals surface area (Å²) in [5, 5.41) is 0. The molecule has 0 saturated carbocycles. The van der Waals surface area contributed by atoms with Gasteiger partial charge in [0.15, 0.2) is 6.10 Å². The molecule has 6 heteroatoms. The number of carbonyl (C=O) groups is 2. The van der Waals surface area contributed by atoms with Gasteiger partial charge in [-0.15, -0.1) is 0 Å². The fraction of sp³-hybridized carbons (Fsp3) is 0.333. The summed E-state index contributed by atoms with van der Waals surface area (Å²) in [6.07, 6.45) is -0.375. The minimum absolute atomic E-state index is 0.220. The number of halogens is 1. The van der Waals surface area contributed by atoms with Crippen molar-refractivity contribution in [1.82, 2.24) is 0 Å². The van der Waals surface area contributed by atoms with Gasteiger partial charge in [-0.05, 0) is 37.1 Å². The van der Waals surface area contributed by atoms with Crippen molar-refractivity contribution in [2.45, 2.75) is 18.9 Å². The smallest absolute Gasteiger partial charge is 0.405 e. The van der Waals surface area contributed by atoms with Crippen molar-refractivity contribution in [2.24, 2.45) is 5.73 Å². The van der Waals surface area contributed by atoms with Crippen molar-refractivity contribution in [1.29, 1.82) is 0 Å². The van der Waals surface area contributed by atoms with Gasteiger partial charge in [0.1, 0.15) is 0 Å². The second-order valence-electron chi connectivity index (χ2n) is 4.03. The first kappa shape index (κ1) is 12.9. The molecule has 18 heavy (non-hydrogen) atoms. The zero-order valence-electron chi connectivity index (χ0n) is 9.64. The Labute approximate surface area is 113 Å². The molecule has 1 atom stereocenters. The van der Waals surface area contributed by atoms with Gasteiger partial charge >= 0.3 is 6.09 Å². The molecule has 2 N–H and O–H groups in total. The SMILES string of the molecule is NC(=O)O[C@@H]1CCCN(c2ccc(Br)cc2)C1=O. The van der Waals surface area contributed by atoms with E-state index < -0.39 is 12.2 Å². The first-order valence-electron chi connectivity index (χ1n) is 5.61. The van der Waals surface area contributed by atoms with E-state index in [0.29, 0.717) is 13.0 Å². The molecule has 0 aromatic heterocycles. The maximum Gasteiger partial charge on any atom is 0.405 e. The number of anilines is 1. The van der Waals surface area contributed by atoms with Crippen molar-refractivity contribution in [3.8, 4) is 0 Å². The van der Waals surface area contributed by atoms with E-state index in [1.165, 1.54) is 0 Å². The topological polar surface area (TPSA) is 72.6 Å². The van der Waals surface area contributed by atoms with E-state index >= 15 is 0 Å². The summed E-state index contributed by atoms with van der Waals surface area (Å²) in [6.45, 7) is 0.624. The highest BCUT2D eigenvalue weighted by Crippen LogP contribution is 2.24. The first-order valence-corrected chi connectivity index (χ1v) is 6.40. The van der Waals surface area contributed by atoms with Crippen LogP contribution in [0.15, 0.2) is 28.7 Å². The summed E-state index contributed by atoms with van der Waals surface area (Å²) in [4.78, 5) is 24.5. The molecule has 0 bridgehead atoms. The number of ether oxygens (including phenoxy) is 1. The molecule has 2 rings (SSSR count). The lowest BCUT2D eigenvalue weighted by Crippen LogP contribution is -2.46. The van der Waals surface area contributed by atoms with E-state index in [-0.39, 0.29) is 5.91 Å². The number of rotatable bonds is 2. The van der Waals surface area contributed by atoms with Gasteiger partial charge < -0.3 is 15.4 Å².